The molecule has 1 unspecified atom stereocenters. The molecule has 2 aromatic carbocycles. The van der Waals surface area contributed by atoms with Gasteiger partial charge in [-0.15, -0.1) is 0 Å². The summed E-state index contributed by atoms with van der Waals surface area (Å²) in [4.78, 5) is 11.6. The number of rotatable bonds is 4. The number of benzene rings is 2. The molecule has 2 N–H and O–H groups in total. The Morgan fingerprint density at radius 1 is 1.10 bits per heavy atom. The standard InChI is InChI=1S/C16H15F2NO2/c1-10-3-6-12(7-4-10)19-16(2,15(20)21)11-5-8-13(17)14(18)9-11/h3-9,19H,1-2H3,(H,20,21). The van der Waals surface area contributed by atoms with Gasteiger partial charge in [-0.2, -0.15) is 0 Å². The molecular weight excluding hydrogens is 276 g/mol. The van der Waals surface area contributed by atoms with Crippen molar-refractivity contribution in [2.45, 2.75) is 19.4 Å². The fourth-order valence-electron chi connectivity index (χ4n) is 1.98. The van der Waals surface area contributed by atoms with Crippen LogP contribution in [0.25, 0.3) is 0 Å². The summed E-state index contributed by atoms with van der Waals surface area (Å²) >= 11 is 0. The number of hydrogen-bond acceptors (Lipinski definition) is 2. The molecule has 0 bridgehead atoms. The van der Waals surface area contributed by atoms with E-state index in [1.165, 1.54) is 13.0 Å². The molecule has 0 radical (unpaired) electrons. The van der Waals surface area contributed by atoms with Gasteiger partial charge in [-0.3, -0.25) is 0 Å². The lowest BCUT2D eigenvalue weighted by molar-refractivity contribution is -0.142. The summed E-state index contributed by atoms with van der Waals surface area (Å²) in [7, 11) is 0. The summed E-state index contributed by atoms with van der Waals surface area (Å²) < 4.78 is 26.4. The van der Waals surface area contributed by atoms with Crippen molar-refractivity contribution in [1.29, 1.82) is 0 Å². The van der Waals surface area contributed by atoms with Crippen LogP contribution in [0.4, 0.5) is 14.5 Å². The lowest BCUT2D eigenvalue weighted by Gasteiger charge is -2.28. The number of halogens is 2. The summed E-state index contributed by atoms with van der Waals surface area (Å²) in [6.45, 7) is 3.32. The third kappa shape index (κ3) is 3.02. The van der Waals surface area contributed by atoms with Gasteiger partial charge < -0.3 is 10.4 Å². The van der Waals surface area contributed by atoms with Gasteiger partial charge in [0.15, 0.2) is 17.2 Å². The molecule has 0 saturated heterocycles. The highest BCUT2D eigenvalue weighted by atomic mass is 19.2. The molecule has 0 heterocycles. The largest absolute Gasteiger partial charge is 0.479 e. The summed E-state index contributed by atoms with van der Waals surface area (Å²) in [6.07, 6.45) is 0. The zero-order chi connectivity index (χ0) is 15.6. The predicted molar refractivity (Wildman–Crippen MR) is 76.1 cm³/mol. The Labute approximate surface area is 121 Å². The summed E-state index contributed by atoms with van der Waals surface area (Å²) in [6, 6.07) is 10.2. The van der Waals surface area contributed by atoms with E-state index < -0.39 is 23.1 Å². The zero-order valence-electron chi connectivity index (χ0n) is 11.7. The molecule has 1 atom stereocenters. The minimum absolute atomic E-state index is 0.134. The Morgan fingerprint density at radius 3 is 2.24 bits per heavy atom. The number of carbonyl (C=O) groups is 1. The third-order valence-corrected chi connectivity index (χ3v) is 3.37. The van der Waals surface area contributed by atoms with Gasteiger partial charge in [0, 0.05) is 5.69 Å². The normalized spacial score (nSPS) is 13.5. The van der Waals surface area contributed by atoms with E-state index in [1.54, 1.807) is 12.1 Å². The second kappa shape index (κ2) is 5.52. The topological polar surface area (TPSA) is 49.3 Å². The smallest absolute Gasteiger partial charge is 0.333 e. The van der Waals surface area contributed by atoms with Crippen LogP contribution in [0, 0.1) is 18.6 Å². The van der Waals surface area contributed by atoms with Crippen molar-refractivity contribution in [3.8, 4) is 0 Å². The Kier molecular flexibility index (Phi) is 3.93. The second-order valence-corrected chi connectivity index (χ2v) is 5.05. The number of aliphatic carboxylic acids is 1. The van der Waals surface area contributed by atoms with Crippen molar-refractivity contribution in [2.24, 2.45) is 0 Å². The van der Waals surface area contributed by atoms with Crippen LogP contribution in [0.1, 0.15) is 18.1 Å². The molecule has 21 heavy (non-hydrogen) atoms. The number of hydrogen-bond donors (Lipinski definition) is 2. The Balaban J connectivity index is 2.42. The average Bonchev–Trinajstić information content (AvgIpc) is 2.44. The van der Waals surface area contributed by atoms with E-state index in [-0.39, 0.29) is 5.56 Å². The van der Waals surface area contributed by atoms with Gasteiger partial charge in [0.25, 0.3) is 0 Å². The van der Waals surface area contributed by atoms with Crippen LogP contribution in [-0.2, 0) is 10.3 Å². The van der Waals surface area contributed by atoms with Crippen LogP contribution < -0.4 is 5.32 Å². The van der Waals surface area contributed by atoms with Crippen LogP contribution in [0.3, 0.4) is 0 Å². The van der Waals surface area contributed by atoms with E-state index >= 15 is 0 Å². The van der Waals surface area contributed by atoms with E-state index in [4.69, 9.17) is 0 Å². The summed E-state index contributed by atoms with van der Waals surface area (Å²) in [5.41, 5.74) is 0.180. The van der Waals surface area contributed by atoms with Gasteiger partial charge in [-0.05, 0) is 43.7 Å². The van der Waals surface area contributed by atoms with Crippen molar-refractivity contribution in [1.82, 2.24) is 0 Å². The molecule has 0 aliphatic rings. The maximum Gasteiger partial charge on any atom is 0.333 e. The highest BCUT2D eigenvalue weighted by Gasteiger charge is 2.35. The first kappa shape index (κ1) is 15.0. The molecule has 2 rings (SSSR count). The van der Waals surface area contributed by atoms with Crippen molar-refractivity contribution in [3.05, 3.63) is 65.2 Å². The lowest BCUT2D eigenvalue weighted by Crippen LogP contribution is -2.40. The molecule has 3 nitrogen and oxygen atoms in total. The van der Waals surface area contributed by atoms with Crippen molar-refractivity contribution in [3.63, 3.8) is 0 Å². The molecule has 2 aromatic rings. The maximum absolute atomic E-state index is 13.4. The van der Waals surface area contributed by atoms with E-state index in [1.807, 2.05) is 19.1 Å². The van der Waals surface area contributed by atoms with Crippen molar-refractivity contribution >= 4 is 11.7 Å². The van der Waals surface area contributed by atoms with Gasteiger partial charge in [-0.25, -0.2) is 13.6 Å². The SMILES string of the molecule is Cc1ccc(NC(C)(C(=O)O)c2ccc(F)c(F)c2)cc1. The number of anilines is 1. The second-order valence-electron chi connectivity index (χ2n) is 5.05. The number of aryl methyl sites for hydroxylation is 1. The van der Waals surface area contributed by atoms with Crippen LogP contribution in [-0.4, -0.2) is 11.1 Å². The van der Waals surface area contributed by atoms with Gasteiger partial charge in [-0.1, -0.05) is 23.8 Å². The minimum Gasteiger partial charge on any atom is -0.479 e. The molecule has 110 valence electrons. The fourth-order valence-corrected chi connectivity index (χ4v) is 1.98. The molecule has 0 spiro atoms. The van der Waals surface area contributed by atoms with Crippen molar-refractivity contribution in [2.75, 3.05) is 5.32 Å². The van der Waals surface area contributed by atoms with Crippen LogP contribution >= 0.6 is 0 Å². The molecule has 0 aliphatic carbocycles. The molecule has 0 aromatic heterocycles. The highest BCUT2D eigenvalue weighted by Crippen LogP contribution is 2.28. The van der Waals surface area contributed by atoms with E-state index in [2.05, 4.69) is 5.32 Å². The maximum atomic E-state index is 13.4. The Morgan fingerprint density at radius 2 is 1.71 bits per heavy atom. The quantitative estimate of drug-likeness (QED) is 0.903. The monoisotopic (exact) mass is 291 g/mol. The molecule has 5 heteroatoms. The van der Waals surface area contributed by atoms with Gasteiger partial charge in [0.2, 0.25) is 0 Å². The number of nitrogens with one attached hydrogen (secondary N) is 1. The zero-order valence-corrected chi connectivity index (χ0v) is 11.7. The fraction of sp³-hybridized carbons (Fsp3) is 0.188. The molecule has 0 fully saturated rings. The first-order valence-electron chi connectivity index (χ1n) is 6.37. The third-order valence-electron chi connectivity index (χ3n) is 3.37. The number of carboxylic acids is 1. The summed E-state index contributed by atoms with van der Waals surface area (Å²) in [5, 5.41) is 12.3. The van der Waals surface area contributed by atoms with Gasteiger partial charge in [0.05, 0.1) is 0 Å². The van der Waals surface area contributed by atoms with E-state index in [0.29, 0.717) is 5.69 Å². The van der Waals surface area contributed by atoms with Gasteiger partial charge >= 0.3 is 5.97 Å². The Hall–Kier alpha value is -2.43. The first-order valence-corrected chi connectivity index (χ1v) is 6.37. The molecule has 0 amide bonds. The van der Waals surface area contributed by atoms with Gasteiger partial charge in [0.1, 0.15) is 0 Å². The summed E-state index contributed by atoms with van der Waals surface area (Å²) in [5.74, 6) is -3.28. The van der Waals surface area contributed by atoms with Crippen molar-refractivity contribution < 1.29 is 18.7 Å². The van der Waals surface area contributed by atoms with Crippen LogP contribution in [0.2, 0.25) is 0 Å². The lowest BCUT2D eigenvalue weighted by atomic mass is 9.91. The van der Waals surface area contributed by atoms with E-state index in [9.17, 15) is 18.7 Å². The van der Waals surface area contributed by atoms with Crippen LogP contribution in [0.15, 0.2) is 42.5 Å². The number of carboxylic acid groups (broad SMARTS) is 1. The molecule has 0 aliphatic heterocycles. The molecular formula is C16H15F2NO2. The predicted octanol–water partition coefficient (Wildman–Crippen LogP) is 3.69. The van der Waals surface area contributed by atoms with E-state index in [0.717, 1.165) is 17.7 Å². The minimum atomic E-state index is -1.57. The highest BCUT2D eigenvalue weighted by molar-refractivity contribution is 5.84. The molecule has 0 saturated carbocycles. The van der Waals surface area contributed by atoms with Crippen LogP contribution in [0.5, 0.6) is 0 Å². The first-order chi connectivity index (χ1) is 9.83. The Bertz CT molecular complexity index is 670. The average molecular weight is 291 g/mol.